The smallest absolute Gasteiger partial charge is 0.112 e. The first kappa shape index (κ1) is 5.10. The Balaban J connectivity index is 2.92. The maximum absolute atomic E-state index is 4.69. The van der Waals surface area contributed by atoms with Crippen LogP contribution in [0.2, 0.25) is 0 Å². The van der Waals surface area contributed by atoms with Crippen LogP contribution in [0.4, 0.5) is 0 Å². The van der Waals surface area contributed by atoms with Gasteiger partial charge in [-0.05, 0) is 6.92 Å². The number of rotatable bonds is 1. The molecule has 0 aliphatic carbocycles. The quantitative estimate of drug-likeness (QED) is 0.340. The van der Waals surface area contributed by atoms with E-state index in [9.17, 15) is 0 Å². The van der Waals surface area contributed by atoms with Crippen molar-refractivity contribution in [3.8, 4) is 12.5 Å². The highest BCUT2D eigenvalue weighted by Gasteiger charge is 1.53. The van der Waals surface area contributed by atoms with Crippen molar-refractivity contribution in [1.82, 2.24) is 0 Å². The maximum Gasteiger partial charge on any atom is 0.112 e. The Kier molecular flexibility index (Phi) is 3.48. The molecule has 0 bridgehead atoms. The first-order valence-electron chi connectivity index (χ1n) is 1.64. The van der Waals surface area contributed by atoms with Gasteiger partial charge in [-0.1, -0.05) is 12.5 Å². The van der Waals surface area contributed by atoms with E-state index < -0.39 is 0 Å². The van der Waals surface area contributed by atoms with Crippen LogP contribution in [0.1, 0.15) is 6.92 Å². The van der Waals surface area contributed by atoms with E-state index in [1.807, 2.05) is 13.0 Å². The van der Waals surface area contributed by atoms with Crippen molar-refractivity contribution in [2.45, 2.75) is 6.92 Å². The van der Waals surface area contributed by atoms with Crippen LogP contribution in [0.5, 0.6) is 0 Å². The summed E-state index contributed by atoms with van der Waals surface area (Å²) in [5.74, 6) is 0. The lowest BCUT2D eigenvalue weighted by Gasteiger charge is -1.74. The van der Waals surface area contributed by atoms with Gasteiger partial charge in [0.1, 0.15) is 6.11 Å². The molecular weight excluding hydrogens is 76.1 g/mol. The van der Waals surface area contributed by atoms with Gasteiger partial charge in [0.15, 0.2) is 0 Å². The molecule has 0 aromatic rings. The molecule has 0 heterocycles. The molecule has 0 rings (SSSR count). The fourth-order valence-electron chi connectivity index (χ4n) is 0.107. The van der Waals surface area contributed by atoms with Crippen LogP contribution >= 0.6 is 0 Å². The van der Waals surface area contributed by atoms with Gasteiger partial charge < -0.3 is 4.74 Å². The summed E-state index contributed by atoms with van der Waals surface area (Å²) < 4.78 is 4.33. The molecule has 0 atom stereocenters. The molecule has 0 aliphatic rings. The first-order valence-corrected chi connectivity index (χ1v) is 1.64. The summed E-state index contributed by atoms with van der Waals surface area (Å²) >= 11 is 0. The molecule has 6 heavy (non-hydrogen) atoms. The van der Waals surface area contributed by atoms with Gasteiger partial charge >= 0.3 is 0 Å². The van der Waals surface area contributed by atoms with Gasteiger partial charge in [-0.25, -0.2) is 0 Å². The molecule has 0 aromatic carbocycles. The Morgan fingerprint density at radius 2 is 2.50 bits per heavy atom. The lowest BCUT2D eigenvalue weighted by molar-refractivity contribution is 0.440. The molecule has 0 saturated carbocycles. The van der Waals surface area contributed by atoms with Crippen LogP contribution in [0, 0.1) is 12.5 Å². The third-order valence-electron chi connectivity index (χ3n) is 0.272. The predicted molar refractivity (Wildman–Crippen MR) is 24.7 cm³/mol. The maximum atomic E-state index is 4.69. The van der Waals surface area contributed by atoms with E-state index in [0.29, 0.717) is 0 Å². The first-order chi connectivity index (χ1) is 2.91. The van der Waals surface area contributed by atoms with Crippen LogP contribution in [0.25, 0.3) is 0 Å². The molecule has 0 fully saturated rings. The van der Waals surface area contributed by atoms with Crippen molar-refractivity contribution in [3.05, 3.63) is 12.3 Å². The highest BCUT2D eigenvalue weighted by Crippen LogP contribution is 1.68. The second-order valence-electron chi connectivity index (χ2n) is 0.705. The second kappa shape index (κ2) is 4.10. The minimum Gasteiger partial charge on any atom is -0.416 e. The molecule has 0 aliphatic heterocycles. The van der Waals surface area contributed by atoms with Gasteiger partial charge in [0.2, 0.25) is 0 Å². The largest absolute Gasteiger partial charge is 0.416 e. The van der Waals surface area contributed by atoms with Crippen LogP contribution in [-0.4, -0.2) is 0 Å². The van der Waals surface area contributed by atoms with E-state index in [1.165, 1.54) is 6.26 Å². The summed E-state index contributed by atoms with van der Waals surface area (Å²) in [6.07, 6.45) is 9.84. The zero-order chi connectivity index (χ0) is 4.83. The Bertz CT molecular complexity index is 76.4. The topological polar surface area (TPSA) is 9.23 Å². The molecule has 0 radical (unpaired) electrons. The summed E-state index contributed by atoms with van der Waals surface area (Å²) in [5, 5.41) is 0. The van der Waals surface area contributed by atoms with Crippen LogP contribution in [0.15, 0.2) is 12.3 Å². The third-order valence-corrected chi connectivity index (χ3v) is 0.272. The average molecular weight is 82.1 g/mol. The minimum absolute atomic E-state index is 1.44. The van der Waals surface area contributed by atoms with Crippen molar-refractivity contribution in [2.24, 2.45) is 0 Å². The van der Waals surface area contributed by atoms with E-state index >= 15 is 0 Å². The Morgan fingerprint density at radius 1 is 1.83 bits per heavy atom. The third kappa shape index (κ3) is 3.10. The lowest BCUT2D eigenvalue weighted by atomic mass is 10.7. The van der Waals surface area contributed by atoms with Crippen molar-refractivity contribution < 1.29 is 4.74 Å². The molecular formula is C5H6O. The Morgan fingerprint density at radius 3 is 2.67 bits per heavy atom. The zero-order valence-corrected chi connectivity index (χ0v) is 3.64. The fourth-order valence-corrected chi connectivity index (χ4v) is 0.107. The SMILES string of the molecule is C#COC=CC. The van der Waals surface area contributed by atoms with E-state index in [1.54, 1.807) is 6.08 Å². The zero-order valence-electron chi connectivity index (χ0n) is 3.64. The van der Waals surface area contributed by atoms with Crippen LogP contribution < -0.4 is 0 Å². The van der Waals surface area contributed by atoms with E-state index in [2.05, 4.69) is 4.74 Å². The molecule has 0 spiro atoms. The number of hydrogen-bond donors (Lipinski definition) is 0. The molecule has 0 saturated heterocycles. The Hall–Kier alpha value is -0.900. The summed E-state index contributed by atoms with van der Waals surface area (Å²) in [4.78, 5) is 0. The van der Waals surface area contributed by atoms with Gasteiger partial charge in [-0.3, -0.25) is 0 Å². The monoisotopic (exact) mass is 82.0 g/mol. The number of terminal acetylenes is 1. The van der Waals surface area contributed by atoms with E-state index in [-0.39, 0.29) is 0 Å². The molecule has 0 aromatic heterocycles. The highest BCUT2D eigenvalue weighted by molar-refractivity contribution is 4.76. The second-order valence-corrected chi connectivity index (χ2v) is 0.705. The summed E-state index contributed by atoms with van der Waals surface area (Å²) in [7, 11) is 0. The van der Waals surface area contributed by atoms with Gasteiger partial charge in [-0.2, -0.15) is 0 Å². The Labute approximate surface area is 37.6 Å². The summed E-state index contributed by atoms with van der Waals surface area (Å²) in [6.45, 7) is 1.83. The summed E-state index contributed by atoms with van der Waals surface area (Å²) in [6, 6.07) is 0. The predicted octanol–water partition coefficient (Wildman–Crippen LogP) is 1.13. The molecule has 1 heteroatoms. The average Bonchev–Trinajstić information content (AvgIpc) is 1.61. The molecule has 1 nitrogen and oxygen atoms in total. The van der Waals surface area contributed by atoms with Gasteiger partial charge in [0, 0.05) is 0 Å². The van der Waals surface area contributed by atoms with Gasteiger partial charge in [0.25, 0.3) is 0 Å². The van der Waals surface area contributed by atoms with Gasteiger partial charge in [0.05, 0.1) is 6.26 Å². The van der Waals surface area contributed by atoms with Crippen molar-refractivity contribution in [3.63, 3.8) is 0 Å². The standard InChI is InChI=1S/C5H6O/c1-3-5-6-4-2/h2-3,5H,1H3. The van der Waals surface area contributed by atoms with Gasteiger partial charge in [-0.15, -0.1) is 0 Å². The number of ether oxygens (including phenoxy) is 1. The summed E-state index contributed by atoms with van der Waals surface area (Å²) in [5.41, 5.74) is 0. The van der Waals surface area contributed by atoms with Crippen molar-refractivity contribution >= 4 is 0 Å². The fraction of sp³-hybridized carbons (Fsp3) is 0.200. The normalized spacial score (nSPS) is 8.00. The molecule has 0 N–H and O–H groups in total. The van der Waals surface area contributed by atoms with Crippen molar-refractivity contribution in [2.75, 3.05) is 0 Å². The van der Waals surface area contributed by atoms with Crippen LogP contribution in [0.3, 0.4) is 0 Å². The minimum atomic E-state index is 1.44. The number of hydrogen-bond acceptors (Lipinski definition) is 1. The number of allylic oxidation sites excluding steroid dienone is 1. The lowest BCUT2D eigenvalue weighted by Crippen LogP contribution is -1.57. The highest BCUT2D eigenvalue weighted by atomic mass is 16.5. The van der Waals surface area contributed by atoms with E-state index in [0.717, 1.165) is 0 Å². The molecule has 32 valence electrons. The van der Waals surface area contributed by atoms with Crippen molar-refractivity contribution in [1.29, 1.82) is 0 Å². The molecule has 0 amide bonds. The van der Waals surface area contributed by atoms with E-state index in [4.69, 9.17) is 6.42 Å². The molecule has 0 unspecified atom stereocenters. The van der Waals surface area contributed by atoms with Crippen LogP contribution in [-0.2, 0) is 4.74 Å².